The number of aryl methyl sites for hydroxylation is 1. The zero-order chi connectivity index (χ0) is 14.4. The van der Waals surface area contributed by atoms with Gasteiger partial charge in [0, 0.05) is 19.0 Å². The van der Waals surface area contributed by atoms with Gasteiger partial charge in [-0.2, -0.15) is 0 Å². The van der Waals surface area contributed by atoms with Crippen molar-refractivity contribution in [1.29, 1.82) is 0 Å². The Kier molecular flexibility index (Phi) is 7.20. The Morgan fingerprint density at radius 1 is 1.33 bits per heavy atom. The summed E-state index contributed by atoms with van der Waals surface area (Å²) in [5, 5.41) is 6.60. The Hall–Kier alpha value is -1.06. The fraction of sp³-hybridized carbons (Fsp3) is 0.588. The highest BCUT2D eigenvalue weighted by Crippen LogP contribution is 2.29. The predicted molar refractivity (Wildman–Crippen MR) is 89.8 cm³/mol. The van der Waals surface area contributed by atoms with Gasteiger partial charge in [-0.25, -0.2) is 0 Å². The zero-order valence-corrected chi connectivity index (χ0v) is 13.8. The van der Waals surface area contributed by atoms with Crippen LogP contribution < -0.4 is 10.6 Å². The lowest BCUT2D eigenvalue weighted by Crippen LogP contribution is -2.52. The van der Waals surface area contributed by atoms with Gasteiger partial charge in [0.25, 0.3) is 0 Å². The van der Waals surface area contributed by atoms with Crippen LogP contribution in [0.5, 0.6) is 0 Å². The van der Waals surface area contributed by atoms with E-state index in [4.69, 9.17) is 0 Å². The monoisotopic (exact) mass is 310 g/mol. The van der Waals surface area contributed by atoms with Crippen LogP contribution in [0.3, 0.4) is 0 Å². The van der Waals surface area contributed by atoms with Crippen molar-refractivity contribution in [3.63, 3.8) is 0 Å². The summed E-state index contributed by atoms with van der Waals surface area (Å²) in [6.45, 7) is 6.36. The van der Waals surface area contributed by atoms with Crippen molar-refractivity contribution >= 4 is 18.3 Å². The van der Waals surface area contributed by atoms with Crippen LogP contribution in [0.2, 0.25) is 0 Å². The van der Waals surface area contributed by atoms with E-state index in [0.29, 0.717) is 12.5 Å². The molecule has 1 atom stereocenters. The van der Waals surface area contributed by atoms with Crippen LogP contribution in [-0.2, 0) is 11.2 Å². The van der Waals surface area contributed by atoms with Crippen LogP contribution in [0.25, 0.3) is 0 Å². The molecule has 1 fully saturated rings. The van der Waals surface area contributed by atoms with Crippen LogP contribution in [0, 0.1) is 5.41 Å². The number of benzene rings is 1. The number of rotatable bonds is 5. The van der Waals surface area contributed by atoms with Gasteiger partial charge in [-0.1, -0.05) is 44.2 Å². The lowest BCUT2D eigenvalue weighted by atomic mass is 9.77. The molecule has 1 unspecified atom stereocenters. The van der Waals surface area contributed by atoms with Crippen molar-refractivity contribution in [3.8, 4) is 0 Å². The molecule has 1 heterocycles. The van der Waals surface area contributed by atoms with Crippen LogP contribution >= 0.6 is 12.4 Å². The smallest absolute Gasteiger partial charge is 0.220 e. The second-order valence-electron chi connectivity index (χ2n) is 6.39. The first kappa shape index (κ1) is 18.0. The van der Waals surface area contributed by atoms with E-state index in [0.717, 1.165) is 19.5 Å². The minimum atomic E-state index is 0. The number of nitrogens with one attached hydrogen (secondary N) is 2. The molecule has 0 radical (unpaired) electrons. The minimum absolute atomic E-state index is 0. The van der Waals surface area contributed by atoms with Crippen molar-refractivity contribution in [2.24, 2.45) is 5.41 Å². The van der Waals surface area contributed by atoms with Gasteiger partial charge < -0.3 is 10.6 Å². The third-order valence-electron chi connectivity index (χ3n) is 4.32. The number of carbonyl (C=O) groups excluding carboxylic acids is 1. The zero-order valence-electron chi connectivity index (χ0n) is 13.0. The van der Waals surface area contributed by atoms with Gasteiger partial charge in [0.1, 0.15) is 0 Å². The topological polar surface area (TPSA) is 41.1 Å². The number of piperidine rings is 1. The highest BCUT2D eigenvalue weighted by Gasteiger charge is 2.31. The number of amides is 1. The molecule has 21 heavy (non-hydrogen) atoms. The summed E-state index contributed by atoms with van der Waals surface area (Å²) in [4.78, 5) is 11.9. The maximum absolute atomic E-state index is 11.9. The van der Waals surface area contributed by atoms with Crippen molar-refractivity contribution in [3.05, 3.63) is 35.9 Å². The van der Waals surface area contributed by atoms with Crippen LogP contribution in [0.4, 0.5) is 0 Å². The van der Waals surface area contributed by atoms with E-state index in [1.54, 1.807) is 0 Å². The Balaban J connectivity index is 0.00000220. The van der Waals surface area contributed by atoms with Crippen molar-refractivity contribution in [1.82, 2.24) is 10.6 Å². The number of carbonyl (C=O) groups is 1. The highest BCUT2D eigenvalue weighted by atomic mass is 35.5. The summed E-state index contributed by atoms with van der Waals surface area (Å²) in [5.74, 6) is 0.150. The molecule has 0 aliphatic carbocycles. The molecule has 0 spiro atoms. The van der Waals surface area contributed by atoms with Crippen LogP contribution in [-0.4, -0.2) is 25.0 Å². The van der Waals surface area contributed by atoms with Crippen LogP contribution in [0.1, 0.15) is 38.7 Å². The van der Waals surface area contributed by atoms with Gasteiger partial charge in [0.05, 0.1) is 0 Å². The molecule has 0 bridgehead atoms. The quantitative estimate of drug-likeness (QED) is 0.878. The lowest BCUT2D eigenvalue weighted by Gasteiger charge is -2.39. The lowest BCUT2D eigenvalue weighted by molar-refractivity contribution is -0.121. The SMILES string of the molecule is CC1(C)CCCNC1CNC(=O)CCc1ccccc1.Cl. The summed E-state index contributed by atoms with van der Waals surface area (Å²) < 4.78 is 0. The van der Waals surface area contributed by atoms with E-state index in [9.17, 15) is 4.79 Å². The number of hydrogen-bond acceptors (Lipinski definition) is 2. The second kappa shape index (κ2) is 8.40. The average molecular weight is 311 g/mol. The summed E-state index contributed by atoms with van der Waals surface area (Å²) >= 11 is 0. The Bertz CT molecular complexity index is 434. The molecule has 1 amide bonds. The van der Waals surface area contributed by atoms with E-state index >= 15 is 0 Å². The van der Waals surface area contributed by atoms with E-state index in [1.807, 2.05) is 18.2 Å². The maximum Gasteiger partial charge on any atom is 0.220 e. The number of halogens is 1. The molecule has 0 aromatic heterocycles. The molecule has 1 saturated heterocycles. The maximum atomic E-state index is 11.9. The summed E-state index contributed by atoms with van der Waals surface area (Å²) in [6.07, 6.45) is 3.83. The van der Waals surface area contributed by atoms with E-state index in [2.05, 4.69) is 36.6 Å². The first-order valence-corrected chi connectivity index (χ1v) is 7.62. The first-order valence-electron chi connectivity index (χ1n) is 7.62. The van der Waals surface area contributed by atoms with Gasteiger partial charge in [-0.05, 0) is 36.8 Å². The van der Waals surface area contributed by atoms with Crippen molar-refractivity contribution < 1.29 is 4.79 Å². The fourth-order valence-electron chi connectivity index (χ4n) is 2.83. The summed E-state index contributed by atoms with van der Waals surface area (Å²) in [5.41, 5.74) is 1.49. The predicted octanol–water partition coefficient (Wildman–Crippen LogP) is 2.94. The van der Waals surface area contributed by atoms with Gasteiger partial charge in [-0.15, -0.1) is 12.4 Å². The largest absolute Gasteiger partial charge is 0.355 e. The van der Waals surface area contributed by atoms with E-state index < -0.39 is 0 Å². The molecule has 0 saturated carbocycles. The Morgan fingerprint density at radius 2 is 2.05 bits per heavy atom. The van der Waals surface area contributed by atoms with Crippen molar-refractivity contribution in [2.45, 2.75) is 45.6 Å². The second-order valence-corrected chi connectivity index (χ2v) is 6.39. The fourth-order valence-corrected chi connectivity index (χ4v) is 2.83. The third kappa shape index (κ3) is 5.68. The van der Waals surface area contributed by atoms with Gasteiger partial charge in [0.15, 0.2) is 0 Å². The third-order valence-corrected chi connectivity index (χ3v) is 4.32. The van der Waals surface area contributed by atoms with Gasteiger partial charge in [-0.3, -0.25) is 4.79 Å². The molecule has 1 aromatic carbocycles. The van der Waals surface area contributed by atoms with Gasteiger partial charge >= 0.3 is 0 Å². The van der Waals surface area contributed by atoms with Crippen molar-refractivity contribution in [2.75, 3.05) is 13.1 Å². The highest BCUT2D eigenvalue weighted by molar-refractivity contribution is 5.85. The molecule has 1 aliphatic heterocycles. The molecule has 3 nitrogen and oxygen atoms in total. The Morgan fingerprint density at radius 3 is 2.71 bits per heavy atom. The van der Waals surface area contributed by atoms with Crippen LogP contribution in [0.15, 0.2) is 30.3 Å². The molecular formula is C17H27ClN2O. The molecule has 2 N–H and O–H groups in total. The minimum Gasteiger partial charge on any atom is -0.355 e. The number of hydrogen-bond donors (Lipinski definition) is 2. The normalized spacial score (nSPS) is 20.4. The first-order chi connectivity index (χ1) is 9.58. The average Bonchev–Trinajstić information content (AvgIpc) is 2.44. The molecule has 1 aromatic rings. The summed E-state index contributed by atoms with van der Waals surface area (Å²) in [6, 6.07) is 10.6. The molecular weight excluding hydrogens is 284 g/mol. The molecule has 118 valence electrons. The molecule has 2 rings (SSSR count). The summed E-state index contributed by atoms with van der Waals surface area (Å²) in [7, 11) is 0. The van der Waals surface area contributed by atoms with E-state index in [1.165, 1.54) is 18.4 Å². The Labute approximate surface area is 134 Å². The standard InChI is InChI=1S/C17H26N2O.ClH/c1-17(2)11-6-12-18-15(17)13-19-16(20)10-9-14-7-4-3-5-8-14;/h3-5,7-8,15,18H,6,9-13H2,1-2H3,(H,19,20);1H. The molecule has 1 aliphatic rings. The van der Waals surface area contributed by atoms with Gasteiger partial charge in [0.2, 0.25) is 5.91 Å². The van der Waals surface area contributed by atoms with E-state index in [-0.39, 0.29) is 23.7 Å². The molecule has 4 heteroatoms.